The monoisotopic (exact) mass is 325 g/mol. The molecule has 1 aliphatic rings. The second kappa shape index (κ2) is 10.1. The summed E-state index contributed by atoms with van der Waals surface area (Å²) in [6.45, 7) is 12.4. The lowest BCUT2D eigenvalue weighted by molar-refractivity contribution is 0.167. The molecule has 0 saturated carbocycles. The molecule has 0 spiro atoms. The molecule has 2 N–H and O–H groups in total. The predicted octanol–water partition coefficient (Wildman–Crippen LogP) is 2.00. The Kier molecular flexibility index (Phi) is 8.92. The molecule has 0 bridgehead atoms. The molecule has 0 amide bonds. The first-order valence-corrected chi connectivity index (χ1v) is 9.21. The molecule has 1 saturated heterocycles. The van der Waals surface area contributed by atoms with Crippen molar-refractivity contribution in [3.8, 4) is 0 Å². The van der Waals surface area contributed by atoms with Crippen LogP contribution in [0.2, 0.25) is 0 Å². The van der Waals surface area contributed by atoms with E-state index in [1.54, 1.807) is 0 Å². The van der Waals surface area contributed by atoms with E-state index >= 15 is 0 Å². The van der Waals surface area contributed by atoms with Crippen LogP contribution in [0.3, 0.4) is 0 Å². The molecule has 1 aliphatic heterocycles. The fourth-order valence-electron chi connectivity index (χ4n) is 3.18. The number of nitrogens with one attached hydrogen (secondary N) is 2. The number of likely N-dealkylation sites (N-methyl/N-ethyl adjacent to an activating group) is 1. The summed E-state index contributed by atoms with van der Waals surface area (Å²) in [5.41, 5.74) is 0. The summed E-state index contributed by atoms with van der Waals surface area (Å²) in [5.74, 6) is 1.66. The van der Waals surface area contributed by atoms with Gasteiger partial charge in [0.05, 0.1) is 0 Å². The number of guanidine groups is 1. The highest BCUT2D eigenvalue weighted by molar-refractivity contribution is 5.80. The summed E-state index contributed by atoms with van der Waals surface area (Å²) in [4.78, 5) is 9.27. The maximum atomic E-state index is 4.41. The van der Waals surface area contributed by atoms with Crippen LogP contribution < -0.4 is 10.6 Å². The van der Waals surface area contributed by atoms with E-state index < -0.39 is 0 Å². The number of rotatable bonds is 7. The first kappa shape index (κ1) is 20.2. The Balaban J connectivity index is 2.40. The molecule has 0 aromatic carbocycles. The average molecular weight is 326 g/mol. The van der Waals surface area contributed by atoms with Crippen LogP contribution >= 0.6 is 0 Å². The number of hydrogen-bond acceptors (Lipinski definition) is 3. The van der Waals surface area contributed by atoms with E-state index in [1.165, 1.54) is 32.4 Å². The smallest absolute Gasteiger partial charge is 0.191 e. The Morgan fingerprint density at radius 1 is 1.17 bits per heavy atom. The van der Waals surface area contributed by atoms with Gasteiger partial charge in [0.2, 0.25) is 0 Å². The minimum atomic E-state index is 0.538. The minimum absolute atomic E-state index is 0.538. The topological polar surface area (TPSA) is 42.9 Å². The van der Waals surface area contributed by atoms with Crippen LogP contribution in [0.1, 0.15) is 47.0 Å². The molecule has 23 heavy (non-hydrogen) atoms. The van der Waals surface area contributed by atoms with Crippen molar-refractivity contribution in [2.45, 2.75) is 65.1 Å². The van der Waals surface area contributed by atoms with Gasteiger partial charge in [0, 0.05) is 44.8 Å². The number of hydrogen-bond donors (Lipinski definition) is 2. The van der Waals surface area contributed by atoms with Crippen LogP contribution in [0.5, 0.6) is 0 Å². The second-order valence-corrected chi connectivity index (χ2v) is 7.75. The molecular formula is C18H39N5. The van der Waals surface area contributed by atoms with Crippen molar-refractivity contribution in [3.63, 3.8) is 0 Å². The molecule has 1 fully saturated rings. The molecule has 0 radical (unpaired) electrons. The van der Waals surface area contributed by atoms with E-state index in [2.05, 4.69) is 67.2 Å². The largest absolute Gasteiger partial charge is 0.355 e. The second-order valence-electron chi connectivity index (χ2n) is 7.75. The zero-order valence-corrected chi connectivity index (χ0v) is 16.4. The van der Waals surface area contributed by atoms with Gasteiger partial charge < -0.3 is 20.4 Å². The lowest BCUT2D eigenvalue weighted by Gasteiger charge is -2.35. The van der Waals surface area contributed by atoms with Gasteiger partial charge in [-0.3, -0.25) is 4.99 Å². The summed E-state index contributed by atoms with van der Waals surface area (Å²) < 4.78 is 0. The number of likely N-dealkylation sites (tertiary alicyclic amines) is 1. The zero-order chi connectivity index (χ0) is 17.4. The Morgan fingerprint density at radius 2 is 1.78 bits per heavy atom. The molecule has 0 aromatic heterocycles. The van der Waals surface area contributed by atoms with Gasteiger partial charge in [-0.2, -0.15) is 0 Å². The highest BCUT2D eigenvalue weighted by Crippen LogP contribution is 2.13. The third-order valence-electron chi connectivity index (χ3n) is 4.80. The third kappa shape index (κ3) is 7.53. The first-order valence-electron chi connectivity index (χ1n) is 9.21. The van der Waals surface area contributed by atoms with Gasteiger partial charge in [0.25, 0.3) is 0 Å². The first-order chi connectivity index (χ1) is 10.8. The molecule has 5 heteroatoms. The van der Waals surface area contributed by atoms with Crippen LogP contribution in [0, 0.1) is 5.92 Å². The maximum absolute atomic E-state index is 4.41. The summed E-state index contributed by atoms with van der Waals surface area (Å²) >= 11 is 0. The molecule has 1 unspecified atom stereocenters. The fourth-order valence-corrected chi connectivity index (χ4v) is 3.18. The van der Waals surface area contributed by atoms with E-state index in [1.807, 2.05) is 7.05 Å². The van der Waals surface area contributed by atoms with E-state index in [4.69, 9.17) is 0 Å². The summed E-state index contributed by atoms with van der Waals surface area (Å²) in [7, 11) is 6.19. The van der Waals surface area contributed by atoms with Gasteiger partial charge in [-0.05, 0) is 53.1 Å². The Bertz CT molecular complexity index is 343. The number of nitrogens with zero attached hydrogens (tertiary/aromatic N) is 3. The van der Waals surface area contributed by atoms with Gasteiger partial charge in [-0.15, -0.1) is 0 Å². The van der Waals surface area contributed by atoms with Crippen molar-refractivity contribution < 1.29 is 0 Å². The Labute approximate surface area is 143 Å². The average Bonchev–Trinajstić information content (AvgIpc) is 2.49. The van der Waals surface area contributed by atoms with Gasteiger partial charge in [-0.25, -0.2) is 0 Å². The lowest BCUT2D eigenvalue weighted by Crippen LogP contribution is -2.51. The molecule has 136 valence electrons. The number of aliphatic imine (C=N–C) groups is 1. The van der Waals surface area contributed by atoms with Crippen molar-refractivity contribution in [2.75, 3.05) is 40.8 Å². The predicted molar refractivity (Wildman–Crippen MR) is 101 cm³/mol. The van der Waals surface area contributed by atoms with Crippen molar-refractivity contribution in [2.24, 2.45) is 10.9 Å². The highest BCUT2D eigenvalue weighted by atomic mass is 15.2. The highest BCUT2D eigenvalue weighted by Gasteiger charge is 2.21. The quantitative estimate of drug-likeness (QED) is 0.555. The fraction of sp³-hybridized carbons (Fsp3) is 0.944. The van der Waals surface area contributed by atoms with Gasteiger partial charge >= 0.3 is 0 Å². The van der Waals surface area contributed by atoms with Gasteiger partial charge in [-0.1, -0.05) is 13.8 Å². The SMILES string of the molecule is CN=C(NCC(CC(C)C)N(C)C)NC1CCN(C(C)C)CC1. The van der Waals surface area contributed by atoms with Gasteiger partial charge in [0.1, 0.15) is 0 Å². The lowest BCUT2D eigenvalue weighted by atomic mass is 10.0. The third-order valence-corrected chi connectivity index (χ3v) is 4.80. The summed E-state index contributed by atoms with van der Waals surface area (Å²) in [6.07, 6.45) is 3.59. The number of piperidine rings is 1. The molecule has 1 heterocycles. The standard InChI is InChI=1S/C18H39N5/c1-14(2)12-17(22(6)7)13-20-18(19-5)21-16-8-10-23(11-9-16)15(3)4/h14-17H,8-13H2,1-7H3,(H2,19,20,21). The van der Waals surface area contributed by atoms with Crippen LogP contribution in [0.4, 0.5) is 0 Å². The summed E-state index contributed by atoms with van der Waals surface area (Å²) in [6, 6.07) is 1.74. The molecule has 5 nitrogen and oxygen atoms in total. The Morgan fingerprint density at radius 3 is 2.22 bits per heavy atom. The van der Waals surface area contributed by atoms with Crippen LogP contribution in [-0.2, 0) is 0 Å². The van der Waals surface area contributed by atoms with E-state index in [9.17, 15) is 0 Å². The van der Waals surface area contributed by atoms with Crippen molar-refractivity contribution in [1.82, 2.24) is 20.4 Å². The van der Waals surface area contributed by atoms with Crippen molar-refractivity contribution in [1.29, 1.82) is 0 Å². The molecule has 0 aliphatic carbocycles. The zero-order valence-electron chi connectivity index (χ0n) is 16.4. The minimum Gasteiger partial charge on any atom is -0.355 e. The van der Waals surface area contributed by atoms with Crippen molar-refractivity contribution >= 4 is 5.96 Å². The molecule has 1 atom stereocenters. The van der Waals surface area contributed by atoms with E-state index in [-0.39, 0.29) is 0 Å². The molecule has 1 rings (SSSR count). The molecule has 0 aromatic rings. The van der Waals surface area contributed by atoms with Gasteiger partial charge in [0.15, 0.2) is 5.96 Å². The van der Waals surface area contributed by atoms with Crippen LogP contribution in [-0.4, -0.2) is 74.7 Å². The van der Waals surface area contributed by atoms with Crippen LogP contribution in [0.15, 0.2) is 4.99 Å². The maximum Gasteiger partial charge on any atom is 0.191 e. The Hall–Kier alpha value is -0.810. The van der Waals surface area contributed by atoms with E-state index in [0.29, 0.717) is 24.0 Å². The van der Waals surface area contributed by atoms with Crippen molar-refractivity contribution in [3.05, 3.63) is 0 Å². The molecular weight excluding hydrogens is 286 g/mol. The van der Waals surface area contributed by atoms with Crippen LogP contribution in [0.25, 0.3) is 0 Å². The van der Waals surface area contributed by atoms with E-state index in [0.717, 1.165) is 12.5 Å². The normalized spacial score (nSPS) is 19.7. The summed E-state index contributed by atoms with van der Waals surface area (Å²) in [5, 5.41) is 7.13.